The first-order valence-electron chi connectivity index (χ1n) is 19.1. The maximum absolute atomic E-state index is 13.6. The lowest BCUT2D eigenvalue weighted by atomic mass is 10.0. The summed E-state index contributed by atoms with van der Waals surface area (Å²) in [4.78, 5) is 50.7. The molecule has 1 aliphatic heterocycles. The number of nitrogens with zero attached hydrogens (tertiary/aromatic N) is 3. The molecule has 3 heterocycles. The van der Waals surface area contributed by atoms with Crippen LogP contribution in [0, 0.1) is 20.8 Å². The van der Waals surface area contributed by atoms with Crippen LogP contribution in [0.1, 0.15) is 142 Å². The Bertz CT molecular complexity index is 1610. The second-order valence-corrected chi connectivity index (χ2v) is 15.3. The van der Waals surface area contributed by atoms with Gasteiger partial charge in [-0.05, 0) is 56.9 Å². The number of hydrogen-bond donors (Lipinski definition) is 0. The fourth-order valence-corrected chi connectivity index (χ4v) is 7.71. The largest absolute Gasteiger partial charge is 0.464 e. The Balaban J connectivity index is 1.22. The first-order chi connectivity index (χ1) is 25.2. The first kappa shape index (κ1) is 41.4. The van der Waals surface area contributed by atoms with Gasteiger partial charge in [-0.2, -0.15) is 0 Å². The third kappa shape index (κ3) is 13.3. The number of rotatable bonds is 22. The van der Waals surface area contributed by atoms with Gasteiger partial charge in [0.25, 0.3) is 0 Å². The van der Waals surface area contributed by atoms with Gasteiger partial charge in [0.05, 0.1) is 42.2 Å². The molecule has 1 aliphatic rings. The molecule has 0 spiro atoms. The van der Waals surface area contributed by atoms with Gasteiger partial charge in [0.1, 0.15) is 12.6 Å². The van der Waals surface area contributed by atoms with Crippen molar-refractivity contribution in [1.82, 2.24) is 14.9 Å². The SMILES string of the molecule is CCCCCCCCCCCCCCOC(=O)[C@H](c1ccccc1Cl)N1CCc2sc(OC(=O)CCC(=O)OCc3nc(C)c(C)nc3C)cc2C1. The topological polar surface area (TPSA) is 108 Å². The molecule has 0 N–H and O–H groups in total. The summed E-state index contributed by atoms with van der Waals surface area (Å²) in [6.07, 6.45) is 15.4. The molecule has 0 saturated heterocycles. The highest BCUT2D eigenvalue weighted by molar-refractivity contribution is 7.14. The van der Waals surface area contributed by atoms with Crippen molar-refractivity contribution in [2.75, 3.05) is 13.2 Å². The van der Waals surface area contributed by atoms with E-state index >= 15 is 0 Å². The summed E-state index contributed by atoms with van der Waals surface area (Å²) in [5, 5.41) is 0.992. The third-order valence-corrected chi connectivity index (χ3v) is 11.1. The summed E-state index contributed by atoms with van der Waals surface area (Å²) in [6.45, 7) is 9.32. The molecular weight excluding hydrogens is 698 g/mol. The smallest absolute Gasteiger partial charge is 0.328 e. The van der Waals surface area contributed by atoms with Gasteiger partial charge in [0.2, 0.25) is 0 Å². The van der Waals surface area contributed by atoms with Gasteiger partial charge in [-0.3, -0.25) is 24.5 Å². The molecule has 0 radical (unpaired) electrons. The van der Waals surface area contributed by atoms with Gasteiger partial charge < -0.3 is 14.2 Å². The van der Waals surface area contributed by atoms with E-state index < -0.39 is 18.0 Å². The van der Waals surface area contributed by atoms with E-state index in [2.05, 4.69) is 21.8 Å². The highest BCUT2D eigenvalue weighted by atomic mass is 35.5. The molecule has 0 fully saturated rings. The van der Waals surface area contributed by atoms with Crippen molar-refractivity contribution in [3.05, 3.63) is 74.1 Å². The van der Waals surface area contributed by atoms with Gasteiger partial charge in [0.15, 0.2) is 5.06 Å². The van der Waals surface area contributed by atoms with Crippen LogP contribution in [0.15, 0.2) is 30.3 Å². The van der Waals surface area contributed by atoms with Crippen molar-refractivity contribution < 1.29 is 28.6 Å². The standard InChI is InChI=1S/C41H56ClN3O6S/c1-5-6-7-8-9-10-11-12-13-14-15-18-25-49-41(48)40(33-19-16-17-20-34(33)42)45-24-23-36-32(27-45)26-39(52-36)51-38(47)22-21-37(46)50-28-35-31(4)43-29(2)30(3)44-35/h16-17,19-20,26,40H,5-15,18,21-25,27-28H2,1-4H3/t40-/m0/s1. The maximum Gasteiger partial charge on any atom is 0.328 e. The van der Waals surface area contributed by atoms with Crippen molar-refractivity contribution in [2.45, 2.75) is 143 Å². The molecule has 284 valence electrons. The maximum atomic E-state index is 13.6. The van der Waals surface area contributed by atoms with Crippen LogP contribution in [0.5, 0.6) is 5.06 Å². The number of fused-ring (bicyclic) bond motifs is 1. The number of carbonyl (C=O) groups excluding carboxylic acids is 3. The quantitative estimate of drug-likeness (QED) is 0.0732. The monoisotopic (exact) mass is 753 g/mol. The number of esters is 3. The summed E-state index contributed by atoms with van der Waals surface area (Å²) < 4.78 is 16.8. The Labute approximate surface area is 318 Å². The predicted molar refractivity (Wildman–Crippen MR) is 206 cm³/mol. The third-order valence-electron chi connectivity index (χ3n) is 9.60. The number of ether oxygens (including phenoxy) is 3. The van der Waals surface area contributed by atoms with E-state index in [1.54, 1.807) is 6.07 Å². The zero-order chi connectivity index (χ0) is 37.3. The minimum atomic E-state index is -0.644. The van der Waals surface area contributed by atoms with Gasteiger partial charge in [-0.1, -0.05) is 107 Å². The predicted octanol–water partition coefficient (Wildman–Crippen LogP) is 9.89. The molecule has 2 aromatic heterocycles. The van der Waals surface area contributed by atoms with Crippen LogP contribution in [0.3, 0.4) is 0 Å². The van der Waals surface area contributed by atoms with E-state index in [4.69, 9.17) is 25.8 Å². The molecule has 0 amide bonds. The number of benzene rings is 1. The van der Waals surface area contributed by atoms with Crippen LogP contribution >= 0.6 is 22.9 Å². The number of halogens is 1. The van der Waals surface area contributed by atoms with Crippen molar-refractivity contribution in [2.24, 2.45) is 0 Å². The van der Waals surface area contributed by atoms with Crippen LogP contribution in [0.4, 0.5) is 0 Å². The van der Waals surface area contributed by atoms with E-state index in [1.165, 1.54) is 69.1 Å². The van der Waals surface area contributed by atoms with E-state index in [0.717, 1.165) is 46.7 Å². The summed E-state index contributed by atoms with van der Waals surface area (Å²) in [5.74, 6) is -1.31. The average molecular weight is 754 g/mol. The lowest BCUT2D eigenvalue weighted by molar-refractivity contribution is -0.151. The molecule has 1 aromatic carbocycles. The minimum Gasteiger partial charge on any atom is -0.464 e. The Hall–Kier alpha value is -3.34. The lowest BCUT2D eigenvalue weighted by Crippen LogP contribution is -2.38. The number of aromatic nitrogens is 2. The number of aryl methyl sites for hydroxylation is 3. The molecule has 9 nitrogen and oxygen atoms in total. The van der Waals surface area contributed by atoms with Gasteiger partial charge in [0, 0.05) is 23.0 Å². The van der Waals surface area contributed by atoms with E-state index in [1.807, 2.05) is 45.0 Å². The molecule has 3 aromatic rings. The number of unbranched alkanes of at least 4 members (excludes halogenated alkanes) is 11. The van der Waals surface area contributed by atoms with Crippen LogP contribution < -0.4 is 4.74 Å². The summed E-state index contributed by atoms with van der Waals surface area (Å²) in [7, 11) is 0. The lowest BCUT2D eigenvalue weighted by Gasteiger charge is -2.33. The zero-order valence-corrected chi connectivity index (χ0v) is 33.0. The second kappa shape index (κ2) is 22.0. The van der Waals surface area contributed by atoms with Crippen molar-refractivity contribution in [3.8, 4) is 5.06 Å². The van der Waals surface area contributed by atoms with Crippen LogP contribution in [-0.4, -0.2) is 45.9 Å². The highest BCUT2D eigenvalue weighted by Gasteiger charge is 2.34. The van der Waals surface area contributed by atoms with E-state index in [-0.39, 0.29) is 25.4 Å². The molecule has 52 heavy (non-hydrogen) atoms. The average Bonchev–Trinajstić information content (AvgIpc) is 3.52. The first-order valence-corrected chi connectivity index (χ1v) is 20.3. The minimum absolute atomic E-state index is 0.00408. The van der Waals surface area contributed by atoms with Crippen molar-refractivity contribution in [1.29, 1.82) is 0 Å². The molecule has 1 atom stereocenters. The Morgan fingerprint density at radius 1 is 0.827 bits per heavy atom. The highest BCUT2D eigenvalue weighted by Crippen LogP contribution is 2.38. The van der Waals surface area contributed by atoms with Crippen molar-refractivity contribution >= 4 is 40.8 Å². The van der Waals surface area contributed by atoms with Gasteiger partial charge >= 0.3 is 17.9 Å². The number of hydrogen-bond acceptors (Lipinski definition) is 10. The Morgan fingerprint density at radius 3 is 2.15 bits per heavy atom. The summed E-state index contributed by atoms with van der Waals surface area (Å²) >= 11 is 8.04. The number of carbonyl (C=O) groups is 3. The van der Waals surface area contributed by atoms with Crippen LogP contribution in [-0.2, 0) is 43.4 Å². The molecular formula is C41H56ClN3O6S. The molecule has 0 aliphatic carbocycles. The normalized spacial score (nSPS) is 13.4. The fraction of sp³-hybridized carbons (Fsp3) is 0.585. The Morgan fingerprint density at radius 2 is 1.46 bits per heavy atom. The molecule has 0 bridgehead atoms. The van der Waals surface area contributed by atoms with Gasteiger partial charge in [-0.25, -0.2) is 4.79 Å². The zero-order valence-electron chi connectivity index (χ0n) is 31.5. The molecule has 11 heteroatoms. The fourth-order valence-electron chi connectivity index (χ4n) is 6.45. The molecule has 4 rings (SSSR count). The van der Waals surface area contributed by atoms with E-state index in [0.29, 0.717) is 47.6 Å². The van der Waals surface area contributed by atoms with E-state index in [9.17, 15) is 14.4 Å². The summed E-state index contributed by atoms with van der Waals surface area (Å²) in [6, 6.07) is 8.64. The van der Waals surface area contributed by atoms with Crippen LogP contribution in [0.25, 0.3) is 0 Å². The second-order valence-electron chi connectivity index (χ2n) is 13.8. The number of thiophene rings is 1. The van der Waals surface area contributed by atoms with Crippen molar-refractivity contribution in [3.63, 3.8) is 0 Å². The molecule has 0 unspecified atom stereocenters. The van der Waals surface area contributed by atoms with Gasteiger partial charge in [-0.15, -0.1) is 11.3 Å². The van der Waals surface area contributed by atoms with Crippen LogP contribution in [0.2, 0.25) is 5.02 Å². The molecule has 0 saturated carbocycles. The summed E-state index contributed by atoms with van der Waals surface area (Å²) in [5.41, 5.74) is 4.64. The Kier molecular flexibility index (Phi) is 17.5.